The van der Waals surface area contributed by atoms with Gasteiger partial charge in [-0.2, -0.15) is 0 Å². The number of hydrogen-bond donors (Lipinski definition) is 1. The molecule has 0 radical (unpaired) electrons. The summed E-state index contributed by atoms with van der Waals surface area (Å²) < 4.78 is 5.23. The second-order valence-corrected chi connectivity index (χ2v) is 6.89. The Morgan fingerprint density at radius 1 is 1.35 bits per heavy atom. The van der Waals surface area contributed by atoms with Crippen molar-refractivity contribution < 1.29 is 14.6 Å². The number of pyridine rings is 1. The van der Waals surface area contributed by atoms with Crippen LogP contribution in [0.25, 0.3) is 0 Å². The van der Waals surface area contributed by atoms with Crippen molar-refractivity contribution in [2.45, 2.75) is 38.8 Å². The van der Waals surface area contributed by atoms with Gasteiger partial charge in [-0.05, 0) is 35.2 Å². The number of nitrogens with zero attached hydrogens (tertiary/aromatic N) is 2. The van der Waals surface area contributed by atoms with Crippen LogP contribution in [-0.4, -0.2) is 28.9 Å². The Morgan fingerprint density at radius 3 is 2.73 bits per heavy atom. The third-order valence-corrected chi connectivity index (χ3v) is 4.78. The summed E-state index contributed by atoms with van der Waals surface area (Å²) in [5.41, 5.74) is 3.94. The van der Waals surface area contributed by atoms with E-state index >= 15 is 0 Å². The predicted octanol–water partition coefficient (Wildman–Crippen LogP) is 3.44. The van der Waals surface area contributed by atoms with Gasteiger partial charge in [-0.1, -0.05) is 30.7 Å². The Kier molecular flexibility index (Phi) is 5.69. The van der Waals surface area contributed by atoms with Gasteiger partial charge in [0.1, 0.15) is 5.78 Å². The second kappa shape index (κ2) is 7.98. The molecule has 5 nitrogen and oxygen atoms in total. The molecule has 6 heteroatoms. The van der Waals surface area contributed by atoms with Gasteiger partial charge in [0, 0.05) is 23.6 Å². The summed E-state index contributed by atoms with van der Waals surface area (Å²) >= 11 is 5.91. The first-order valence-corrected chi connectivity index (χ1v) is 8.88. The minimum atomic E-state index is -0.214. The van der Waals surface area contributed by atoms with E-state index in [1.807, 2.05) is 37.3 Å². The van der Waals surface area contributed by atoms with E-state index in [2.05, 4.69) is 9.98 Å². The normalized spacial score (nSPS) is 13.9. The topological polar surface area (TPSA) is 71.8 Å². The number of Topliss-reactive ketones (excluding diaryl/α,β-unsaturated/α-hetero) is 1. The number of ether oxygens (including phenoxy) is 1. The Balaban J connectivity index is 1.71. The summed E-state index contributed by atoms with van der Waals surface area (Å²) in [6.45, 7) is 2.29. The fourth-order valence-corrected chi connectivity index (χ4v) is 3.36. The summed E-state index contributed by atoms with van der Waals surface area (Å²) in [7, 11) is 1.55. The van der Waals surface area contributed by atoms with Crippen LogP contribution in [0.2, 0.25) is 5.02 Å². The molecule has 0 fully saturated rings. The van der Waals surface area contributed by atoms with Crippen molar-refractivity contribution in [3.05, 3.63) is 63.4 Å². The maximum absolute atomic E-state index is 12.5. The molecule has 0 saturated carbocycles. The molecule has 3 rings (SSSR count). The van der Waals surface area contributed by atoms with Crippen molar-refractivity contribution in [1.82, 2.24) is 4.98 Å². The number of aliphatic imine (C=N–C) groups is 1. The second-order valence-electron chi connectivity index (χ2n) is 6.45. The van der Waals surface area contributed by atoms with E-state index in [4.69, 9.17) is 16.3 Å². The number of carbonyl (C=O) groups is 1. The lowest BCUT2D eigenvalue weighted by Gasteiger charge is -2.13. The van der Waals surface area contributed by atoms with E-state index in [0.717, 1.165) is 16.7 Å². The third-order valence-electron chi connectivity index (χ3n) is 4.53. The number of halogens is 1. The lowest BCUT2D eigenvalue weighted by Crippen LogP contribution is -2.13. The van der Waals surface area contributed by atoms with Crippen molar-refractivity contribution >= 4 is 23.3 Å². The van der Waals surface area contributed by atoms with Gasteiger partial charge < -0.3 is 9.84 Å². The Morgan fingerprint density at radius 2 is 2.08 bits per heavy atom. The molecule has 1 N–H and O–H groups in total. The van der Waals surface area contributed by atoms with Crippen LogP contribution in [0.3, 0.4) is 0 Å². The van der Waals surface area contributed by atoms with Gasteiger partial charge >= 0.3 is 0 Å². The molecule has 1 atom stereocenters. The van der Waals surface area contributed by atoms with Gasteiger partial charge in [-0.15, -0.1) is 0 Å². The molecule has 1 aliphatic rings. The average molecular weight is 373 g/mol. The molecule has 2 heterocycles. The zero-order chi connectivity index (χ0) is 18.7. The van der Waals surface area contributed by atoms with Crippen molar-refractivity contribution in [2.24, 2.45) is 4.99 Å². The van der Waals surface area contributed by atoms with Gasteiger partial charge in [0.2, 0.25) is 5.90 Å². The molecule has 0 aliphatic carbocycles. The molecule has 0 unspecified atom stereocenters. The molecule has 1 aromatic heterocycles. The number of methoxy groups -OCH3 is 1. The molecule has 26 heavy (non-hydrogen) atoms. The minimum Gasteiger partial charge on any atom is -0.481 e. The standard InChI is InChI=1S/C20H21ClN2O3/c1-12(13-3-5-15(21)6-4-13)7-17(25)9-16-8-14-10-22-20(26-2)19(14)18(11-24)23-16/h3-6,8,12,24H,7,9-11H2,1-2H3/t12-/m0/s1. The number of ketones is 1. The van der Waals surface area contributed by atoms with Crippen LogP contribution in [0.4, 0.5) is 0 Å². The van der Waals surface area contributed by atoms with Gasteiger partial charge in [-0.25, -0.2) is 4.99 Å². The lowest BCUT2D eigenvalue weighted by atomic mass is 9.94. The lowest BCUT2D eigenvalue weighted by molar-refractivity contribution is -0.118. The summed E-state index contributed by atoms with van der Waals surface area (Å²) in [4.78, 5) is 21.2. The Bertz CT molecular complexity index is 847. The molecular formula is C20H21ClN2O3. The molecule has 1 aromatic carbocycles. The van der Waals surface area contributed by atoms with Gasteiger partial charge in [0.05, 0.1) is 31.5 Å². The van der Waals surface area contributed by atoms with E-state index in [1.54, 1.807) is 7.11 Å². The third kappa shape index (κ3) is 3.94. The minimum absolute atomic E-state index is 0.106. The van der Waals surface area contributed by atoms with Crippen LogP contribution < -0.4 is 0 Å². The fourth-order valence-electron chi connectivity index (χ4n) is 3.24. The highest BCUT2D eigenvalue weighted by atomic mass is 35.5. The van der Waals surface area contributed by atoms with Gasteiger partial charge in [0.25, 0.3) is 0 Å². The van der Waals surface area contributed by atoms with Crippen LogP contribution in [0.5, 0.6) is 0 Å². The van der Waals surface area contributed by atoms with Crippen molar-refractivity contribution in [2.75, 3.05) is 7.11 Å². The first kappa shape index (κ1) is 18.5. The summed E-state index contributed by atoms with van der Waals surface area (Å²) in [6.07, 6.45) is 0.662. The van der Waals surface area contributed by atoms with Crippen LogP contribution in [0.15, 0.2) is 35.3 Å². The van der Waals surface area contributed by atoms with Crippen molar-refractivity contribution in [1.29, 1.82) is 0 Å². The van der Waals surface area contributed by atoms with E-state index in [0.29, 0.717) is 35.3 Å². The van der Waals surface area contributed by atoms with Gasteiger partial charge in [-0.3, -0.25) is 9.78 Å². The number of benzene rings is 1. The molecule has 0 spiro atoms. The van der Waals surface area contributed by atoms with Gasteiger partial charge in [0.15, 0.2) is 0 Å². The number of rotatable bonds is 6. The fraction of sp³-hybridized carbons (Fsp3) is 0.350. The average Bonchev–Trinajstić information content (AvgIpc) is 3.04. The largest absolute Gasteiger partial charge is 0.481 e. The zero-order valence-electron chi connectivity index (χ0n) is 14.8. The molecule has 2 aromatic rings. The number of fused-ring (bicyclic) bond motifs is 1. The maximum atomic E-state index is 12.5. The highest BCUT2D eigenvalue weighted by Gasteiger charge is 2.23. The number of carbonyl (C=O) groups excluding carboxylic acids is 1. The predicted molar refractivity (Wildman–Crippen MR) is 101 cm³/mol. The Labute approximate surface area is 157 Å². The number of aromatic nitrogens is 1. The molecule has 0 bridgehead atoms. The first-order chi connectivity index (χ1) is 12.5. The SMILES string of the molecule is COC1=NCc2cc(CC(=O)C[C@H](C)c3ccc(Cl)cc3)nc(CO)c21. The number of hydrogen-bond acceptors (Lipinski definition) is 5. The monoisotopic (exact) mass is 372 g/mol. The van der Waals surface area contributed by atoms with E-state index in [1.165, 1.54) is 0 Å². The molecule has 0 amide bonds. The van der Waals surface area contributed by atoms with E-state index < -0.39 is 0 Å². The number of aliphatic hydroxyl groups excluding tert-OH is 1. The first-order valence-electron chi connectivity index (χ1n) is 8.50. The summed E-state index contributed by atoms with van der Waals surface area (Å²) in [6, 6.07) is 9.44. The molecule has 136 valence electrons. The number of aliphatic hydroxyl groups is 1. The van der Waals surface area contributed by atoms with Crippen molar-refractivity contribution in [3.63, 3.8) is 0 Å². The maximum Gasteiger partial charge on any atom is 0.218 e. The molecular weight excluding hydrogens is 352 g/mol. The van der Waals surface area contributed by atoms with Crippen LogP contribution in [0, 0.1) is 0 Å². The summed E-state index contributed by atoms with van der Waals surface area (Å²) in [5.74, 6) is 0.704. The Hall–Kier alpha value is -2.24. The van der Waals surface area contributed by atoms with Crippen LogP contribution in [-0.2, 0) is 29.1 Å². The quantitative estimate of drug-likeness (QED) is 0.843. The molecule has 0 saturated heterocycles. The molecule has 1 aliphatic heterocycles. The zero-order valence-corrected chi connectivity index (χ0v) is 15.6. The smallest absolute Gasteiger partial charge is 0.218 e. The van der Waals surface area contributed by atoms with E-state index in [9.17, 15) is 9.90 Å². The van der Waals surface area contributed by atoms with Crippen LogP contribution in [0.1, 0.15) is 47.3 Å². The highest BCUT2D eigenvalue weighted by Crippen LogP contribution is 2.25. The van der Waals surface area contributed by atoms with Crippen molar-refractivity contribution in [3.8, 4) is 0 Å². The highest BCUT2D eigenvalue weighted by molar-refractivity contribution is 6.30. The van der Waals surface area contributed by atoms with E-state index in [-0.39, 0.29) is 24.7 Å². The van der Waals surface area contributed by atoms with Crippen LogP contribution >= 0.6 is 11.6 Å². The summed E-state index contributed by atoms with van der Waals surface area (Å²) in [5, 5.41) is 10.3.